The molecule has 0 saturated heterocycles. The quantitative estimate of drug-likeness (QED) is 0.631. The maximum Gasteiger partial charge on any atom is 0.257 e. The van der Waals surface area contributed by atoms with Crippen LogP contribution in [0.2, 0.25) is 5.02 Å². The van der Waals surface area contributed by atoms with Crippen molar-refractivity contribution in [1.82, 2.24) is 10.3 Å². The van der Waals surface area contributed by atoms with E-state index >= 15 is 0 Å². The molecule has 140 valence electrons. The Balaban J connectivity index is 1.26. The minimum atomic E-state index is -0.0779. The number of hydrogen-bond donors (Lipinski definition) is 1. The van der Waals surface area contributed by atoms with Crippen LogP contribution in [0.4, 0.5) is 0 Å². The van der Waals surface area contributed by atoms with E-state index in [4.69, 9.17) is 25.5 Å². The lowest BCUT2D eigenvalue weighted by molar-refractivity contribution is -0.118. The molecule has 8 heteroatoms. The molecule has 0 spiro atoms. The molecule has 0 bridgehead atoms. The molecule has 3 aromatic rings. The first-order valence-electron chi connectivity index (χ1n) is 8.52. The molecule has 4 rings (SSSR count). The van der Waals surface area contributed by atoms with Crippen LogP contribution < -0.4 is 14.8 Å². The van der Waals surface area contributed by atoms with Crippen LogP contribution in [0.3, 0.4) is 0 Å². The van der Waals surface area contributed by atoms with Crippen LogP contribution in [0, 0.1) is 0 Å². The Labute approximate surface area is 165 Å². The summed E-state index contributed by atoms with van der Waals surface area (Å²) in [5.74, 6) is 1.41. The average Bonchev–Trinajstić information content (AvgIpc) is 3.09. The topological polar surface area (TPSA) is 73.6 Å². The van der Waals surface area contributed by atoms with E-state index in [1.165, 1.54) is 11.8 Å². The van der Waals surface area contributed by atoms with Crippen molar-refractivity contribution in [2.75, 3.05) is 25.5 Å². The molecule has 0 aliphatic carbocycles. The maximum atomic E-state index is 12.0. The molecule has 1 amide bonds. The molecule has 0 unspecified atom stereocenters. The zero-order chi connectivity index (χ0) is 18.6. The van der Waals surface area contributed by atoms with Gasteiger partial charge in [0.25, 0.3) is 5.22 Å². The number of aromatic nitrogens is 1. The summed E-state index contributed by atoms with van der Waals surface area (Å²) in [7, 11) is 0. The van der Waals surface area contributed by atoms with E-state index in [1.807, 2.05) is 36.4 Å². The van der Waals surface area contributed by atoms with E-state index in [0.29, 0.717) is 47.9 Å². The van der Waals surface area contributed by atoms with Gasteiger partial charge in [0.2, 0.25) is 5.91 Å². The van der Waals surface area contributed by atoms with Gasteiger partial charge >= 0.3 is 0 Å². The monoisotopic (exact) mass is 404 g/mol. The normalized spacial score (nSPS) is 12.9. The molecule has 0 fully saturated rings. The van der Waals surface area contributed by atoms with Crippen molar-refractivity contribution in [3.63, 3.8) is 0 Å². The second-order valence-electron chi connectivity index (χ2n) is 5.94. The number of para-hydroxylation sites is 2. The van der Waals surface area contributed by atoms with Crippen LogP contribution in [-0.4, -0.2) is 36.4 Å². The molecule has 0 saturated carbocycles. The van der Waals surface area contributed by atoms with Gasteiger partial charge in [0.15, 0.2) is 17.1 Å². The van der Waals surface area contributed by atoms with Crippen LogP contribution in [0.15, 0.2) is 46.0 Å². The van der Waals surface area contributed by atoms with Crippen LogP contribution in [0.5, 0.6) is 11.5 Å². The van der Waals surface area contributed by atoms with Gasteiger partial charge in [0, 0.05) is 6.54 Å². The van der Waals surface area contributed by atoms with Crippen molar-refractivity contribution in [3.05, 3.63) is 47.0 Å². The van der Waals surface area contributed by atoms with E-state index in [2.05, 4.69) is 10.3 Å². The molecule has 2 heterocycles. The number of fused-ring (bicyclic) bond motifs is 2. The van der Waals surface area contributed by atoms with E-state index in [9.17, 15) is 4.79 Å². The predicted molar refractivity (Wildman–Crippen MR) is 104 cm³/mol. The summed E-state index contributed by atoms with van der Waals surface area (Å²) in [6.07, 6.45) is 0.648. The van der Waals surface area contributed by atoms with Gasteiger partial charge in [0.05, 0.1) is 10.8 Å². The number of nitrogens with one attached hydrogen (secondary N) is 1. The number of thioether (sulfide) groups is 1. The highest BCUT2D eigenvalue weighted by Crippen LogP contribution is 2.38. The first kappa shape index (κ1) is 18.0. The summed E-state index contributed by atoms with van der Waals surface area (Å²) >= 11 is 7.50. The molecule has 1 aliphatic heterocycles. The highest BCUT2D eigenvalue weighted by Gasteiger charge is 2.16. The SMILES string of the molecule is O=C(CSc1nc2ccccc2o1)NCCc1cc(Cl)c2c(c1)OCCO2. The molecule has 27 heavy (non-hydrogen) atoms. The Bertz CT molecular complexity index is 942. The van der Waals surface area contributed by atoms with Gasteiger partial charge in [-0.05, 0) is 36.2 Å². The summed E-state index contributed by atoms with van der Waals surface area (Å²) in [4.78, 5) is 16.4. The average molecular weight is 405 g/mol. The van der Waals surface area contributed by atoms with Gasteiger partial charge < -0.3 is 19.2 Å². The van der Waals surface area contributed by atoms with Gasteiger partial charge in [-0.3, -0.25) is 4.79 Å². The van der Waals surface area contributed by atoms with E-state index < -0.39 is 0 Å². The Morgan fingerprint density at radius 3 is 2.96 bits per heavy atom. The Hall–Kier alpha value is -2.38. The molecule has 6 nitrogen and oxygen atoms in total. The van der Waals surface area contributed by atoms with Crippen LogP contribution in [0.25, 0.3) is 11.1 Å². The highest BCUT2D eigenvalue weighted by molar-refractivity contribution is 7.99. The Kier molecular flexibility index (Phi) is 5.40. The van der Waals surface area contributed by atoms with Gasteiger partial charge in [0.1, 0.15) is 18.7 Å². The summed E-state index contributed by atoms with van der Waals surface area (Å²) in [6.45, 7) is 1.51. The largest absolute Gasteiger partial charge is 0.486 e. The summed E-state index contributed by atoms with van der Waals surface area (Å²) in [5.41, 5.74) is 2.49. The third kappa shape index (κ3) is 4.31. The lowest BCUT2D eigenvalue weighted by atomic mass is 10.1. The van der Waals surface area contributed by atoms with Crippen molar-refractivity contribution in [2.24, 2.45) is 0 Å². The molecule has 2 aromatic carbocycles. The molecule has 0 radical (unpaired) electrons. The van der Waals surface area contributed by atoms with E-state index in [-0.39, 0.29) is 11.7 Å². The second-order valence-corrected chi connectivity index (χ2v) is 7.27. The van der Waals surface area contributed by atoms with Crippen molar-refractivity contribution < 1.29 is 18.7 Å². The zero-order valence-electron chi connectivity index (χ0n) is 14.4. The van der Waals surface area contributed by atoms with E-state index in [0.717, 1.165) is 16.7 Å². The van der Waals surface area contributed by atoms with E-state index in [1.54, 1.807) is 0 Å². The number of rotatable bonds is 6. The number of benzene rings is 2. The van der Waals surface area contributed by atoms with Gasteiger partial charge in [-0.2, -0.15) is 0 Å². The first-order valence-corrected chi connectivity index (χ1v) is 9.88. The predicted octanol–water partition coefficient (Wildman–Crippen LogP) is 3.70. The second kappa shape index (κ2) is 8.10. The molecule has 0 atom stereocenters. The molecular formula is C19H17ClN2O4S. The molecule has 1 aromatic heterocycles. The maximum absolute atomic E-state index is 12.0. The third-order valence-electron chi connectivity index (χ3n) is 3.99. The van der Waals surface area contributed by atoms with Crippen molar-refractivity contribution in [2.45, 2.75) is 11.6 Å². The Morgan fingerprint density at radius 2 is 2.07 bits per heavy atom. The lowest BCUT2D eigenvalue weighted by Gasteiger charge is -2.20. The summed E-state index contributed by atoms with van der Waals surface area (Å²) in [6, 6.07) is 11.3. The van der Waals surface area contributed by atoms with Crippen LogP contribution in [-0.2, 0) is 11.2 Å². The zero-order valence-corrected chi connectivity index (χ0v) is 15.9. The summed E-state index contributed by atoms with van der Waals surface area (Å²) in [5, 5.41) is 3.91. The minimum absolute atomic E-state index is 0.0779. The minimum Gasteiger partial charge on any atom is -0.486 e. The number of amides is 1. The Morgan fingerprint density at radius 1 is 1.22 bits per heavy atom. The van der Waals surface area contributed by atoms with Gasteiger partial charge in [-0.15, -0.1) is 0 Å². The fourth-order valence-electron chi connectivity index (χ4n) is 2.75. The number of oxazole rings is 1. The number of carbonyl (C=O) groups is 1. The van der Waals surface area contributed by atoms with Gasteiger partial charge in [-0.1, -0.05) is 35.5 Å². The number of carbonyl (C=O) groups excluding carboxylic acids is 1. The first-order chi connectivity index (χ1) is 13.2. The third-order valence-corrected chi connectivity index (χ3v) is 5.10. The van der Waals surface area contributed by atoms with Crippen molar-refractivity contribution in [3.8, 4) is 11.5 Å². The smallest absolute Gasteiger partial charge is 0.257 e. The molecular weight excluding hydrogens is 388 g/mol. The van der Waals surface area contributed by atoms with Crippen LogP contribution >= 0.6 is 23.4 Å². The molecule has 1 aliphatic rings. The van der Waals surface area contributed by atoms with Crippen molar-refractivity contribution in [1.29, 1.82) is 0 Å². The highest BCUT2D eigenvalue weighted by atomic mass is 35.5. The lowest BCUT2D eigenvalue weighted by Crippen LogP contribution is -2.27. The number of nitrogens with zero attached hydrogens (tertiary/aromatic N) is 1. The number of ether oxygens (including phenoxy) is 2. The van der Waals surface area contributed by atoms with Gasteiger partial charge in [-0.25, -0.2) is 4.98 Å². The fraction of sp³-hybridized carbons (Fsp3) is 0.263. The summed E-state index contributed by atoms with van der Waals surface area (Å²) < 4.78 is 16.7. The molecule has 1 N–H and O–H groups in total. The number of halogens is 1. The number of hydrogen-bond acceptors (Lipinski definition) is 6. The van der Waals surface area contributed by atoms with Crippen LogP contribution in [0.1, 0.15) is 5.56 Å². The van der Waals surface area contributed by atoms with Crippen molar-refractivity contribution >= 4 is 40.4 Å². The standard InChI is InChI=1S/C19H17ClN2O4S/c20-13-9-12(10-16-18(13)25-8-7-24-16)5-6-21-17(23)11-27-19-22-14-3-1-2-4-15(14)26-19/h1-4,9-10H,5-8,11H2,(H,21,23). The fourth-order valence-corrected chi connectivity index (χ4v) is 3.70.